The van der Waals surface area contributed by atoms with Crippen LogP contribution in [-0.2, 0) is 6.42 Å². The minimum absolute atomic E-state index is 0.439. The number of aromatic nitrogens is 1. The summed E-state index contributed by atoms with van der Waals surface area (Å²) in [7, 11) is 0. The second-order valence-electron chi connectivity index (χ2n) is 3.74. The third-order valence-electron chi connectivity index (χ3n) is 2.44. The lowest BCUT2D eigenvalue weighted by Crippen LogP contribution is -2.05. The predicted octanol–water partition coefficient (Wildman–Crippen LogP) is 3.70. The van der Waals surface area contributed by atoms with Gasteiger partial charge in [0.25, 0.3) is 0 Å². The van der Waals surface area contributed by atoms with Crippen LogP contribution in [0.4, 0.5) is 5.69 Å². The van der Waals surface area contributed by atoms with Gasteiger partial charge in [-0.15, -0.1) is 0 Å². The van der Waals surface area contributed by atoms with Crippen LogP contribution in [0.5, 0.6) is 5.88 Å². The van der Waals surface area contributed by atoms with Gasteiger partial charge in [-0.25, -0.2) is 4.98 Å². The molecule has 1 aromatic carbocycles. The second-order valence-corrected chi connectivity index (χ2v) is 5.06. The maximum absolute atomic E-state index is 6.00. The highest BCUT2D eigenvalue weighted by atomic mass is 79.9. The van der Waals surface area contributed by atoms with Crippen molar-refractivity contribution in [1.29, 1.82) is 0 Å². The van der Waals surface area contributed by atoms with E-state index in [9.17, 15) is 0 Å². The Labute approximate surface area is 119 Å². The molecule has 0 atom stereocenters. The van der Waals surface area contributed by atoms with Gasteiger partial charge in [0.2, 0.25) is 5.88 Å². The molecule has 0 saturated carbocycles. The van der Waals surface area contributed by atoms with Crippen LogP contribution in [0.3, 0.4) is 0 Å². The molecule has 1 heterocycles. The SMILES string of the molecule is Nc1ccccc1CCOc1ncc(Br)cc1Cl. The molecule has 0 spiro atoms. The average molecular weight is 328 g/mol. The minimum Gasteiger partial charge on any atom is -0.476 e. The minimum atomic E-state index is 0.439. The van der Waals surface area contributed by atoms with Gasteiger partial charge in [0.1, 0.15) is 5.02 Å². The van der Waals surface area contributed by atoms with Crippen LogP contribution in [0.25, 0.3) is 0 Å². The summed E-state index contributed by atoms with van der Waals surface area (Å²) >= 11 is 9.29. The molecule has 0 fully saturated rings. The van der Waals surface area contributed by atoms with Gasteiger partial charge in [-0.2, -0.15) is 0 Å². The van der Waals surface area contributed by atoms with Gasteiger partial charge in [0, 0.05) is 22.8 Å². The van der Waals surface area contributed by atoms with Crippen molar-refractivity contribution in [2.45, 2.75) is 6.42 Å². The maximum atomic E-state index is 6.00. The molecule has 18 heavy (non-hydrogen) atoms. The number of pyridine rings is 1. The second kappa shape index (κ2) is 6.07. The number of nitrogens with two attached hydrogens (primary N) is 1. The van der Waals surface area contributed by atoms with Crippen LogP contribution in [0.2, 0.25) is 5.02 Å². The zero-order chi connectivity index (χ0) is 13.0. The van der Waals surface area contributed by atoms with Crippen molar-refractivity contribution in [2.24, 2.45) is 0 Å². The third-order valence-corrected chi connectivity index (χ3v) is 3.14. The van der Waals surface area contributed by atoms with E-state index >= 15 is 0 Å². The Kier molecular flexibility index (Phi) is 4.44. The molecule has 0 unspecified atom stereocenters. The molecule has 5 heteroatoms. The predicted molar refractivity (Wildman–Crippen MR) is 77.0 cm³/mol. The molecular weight excluding hydrogens is 316 g/mol. The number of hydrogen-bond donors (Lipinski definition) is 1. The van der Waals surface area contributed by atoms with E-state index in [-0.39, 0.29) is 0 Å². The number of benzene rings is 1. The summed E-state index contributed by atoms with van der Waals surface area (Å²) in [6.45, 7) is 0.489. The number of nitrogen functional groups attached to an aromatic ring is 1. The molecule has 0 aliphatic rings. The van der Waals surface area contributed by atoms with E-state index in [0.29, 0.717) is 17.5 Å². The van der Waals surface area contributed by atoms with Crippen molar-refractivity contribution in [2.75, 3.05) is 12.3 Å². The monoisotopic (exact) mass is 326 g/mol. The van der Waals surface area contributed by atoms with Crippen LogP contribution < -0.4 is 10.5 Å². The topological polar surface area (TPSA) is 48.1 Å². The number of anilines is 1. The summed E-state index contributed by atoms with van der Waals surface area (Å²) in [5.74, 6) is 0.439. The first kappa shape index (κ1) is 13.2. The number of halogens is 2. The summed E-state index contributed by atoms with van der Waals surface area (Å²) in [6, 6.07) is 9.47. The lowest BCUT2D eigenvalue weighted by molar-refractivity contribution is 0.310. The molecule has 0 amide bonds. The van der Waals surface area contributed by atoms with Crippen molar-refractivity contribution in [3.63, 3.8) is 0 Å². The molecule has 3 nitrogen and oxygen atoms in total. The van der Waals surface area contributed by atoms with Crippen LogP contribution in [0.15, 0.2) is 41.0 Å². The van der Waals surface area contributed by atoms with E-state index in [1.54, 1.807) is 12.3 Å². The molecular formula is C13H12BrClN2O. The van der Waals surface area contributed by atoms with Crippen LogP contribution in [0, 0.1) is 0 Å². The highest BCUT2D eigenvalue weighted by Crippen LogP contribution is 2.25. The Hall–Kier alpha value is -1.26. The lowest BCUT2D eigenvalue weighted by Gasteiger charge is -2.08. The van der Waals surface area contributed by atoms with Crippen molar-refractivity contribution >= 4 is 33.2 Å². The molecule has 0 saturated heterocycles. The fourth-order valence-electron chi connectivity index (χ4n) is 1.53. The molecule has 0 bridgehead atoms. The highest BCUT2D eigenvalue weighted by Gasteiger charge is 2.04. The van der Waals surface area contributed by atoms with E-state index in [1.165, 1.54) is 0 Å². The molecule has 94 valence electrons. The summed E-state index contributed by atoms with van der Waals surface area (Å²) in [5, 5.41) is 0.491. The van der Waals surface area contributed by atoms with Crippen molar-refractivity contribution in [3.8, 4) is 5.88 Å². The number of rotatable bonds is 4. The molecule has 2 rings (SSSR count). The van der Waals surface area contributed by atoms with E-state index in [0.717, 1.165) is 22.1 Å². The van der Waals surface area contributed by atoms with Crippen molar-refractivity contribution in [1.82, 2.24) is 4.98 Å². The standard InChI is InChI=1S/C13H12BrClN2O/c14-10-7-11(15)13(17-8-10)18-6-5-9-3-1-2-4-12(9)16/h1-4,7-8H,5-6,16H2. The first-order chi connectivity index (χ1) is 8.66. The zero-order valence-corrected chi connectivity index (χ0v) is 11.9. The average Bonchev–Trinajstić information content (AvgIpc) is 2.34. The van der Waals surface area contributed by atoms with Gasteiger partial charge in [-0.1, -0.05) is 29.8 Å². The van der Waals surface area contributed by atoms with Gasteiger partial charge < -0.3 is 10.5 Å². The first-order valence-electron chi connectivity index (χ1n) is 5.44. The Morgan fingerprint density at radius 1 is 1.33 bits per heavy atom. The molecule has 2 N–H and O–H groups in total. The smallest absolute Gasteiger partial charge is 0.232 e. The van der Waals surface area contributed by atoms with Gasteiger partial charge >= 0.3 is 0 Å². The van der Waals surface area contributed by atoms with E-state index in [2.05, 4.69) is 20.9 Å². The summed E-state index contributed by atoms with van der Waals surface area (Å²) in [5.41, 5.74) is 7.68. The normalized spacial score (nSPS) is 10.3. The largest absolute Gasteiger partial charge is 0.476 e. The van der Waals surface area contributed by atoms with Gasteiger partial charge in [0.15, 0.2) is 0 Å². The van der Waals surface area contributed by atoms with Crippen LogP contribution >= 0.6 is 27.5 Å². The van der Waals surface area contributed by atoms with Crippen LogP contribution in [-0.4, -0.2) is 11.6 Å². The van der Waals surface area contributed by atoms with Crippen molar-refractivity contribution < 1.29 is 4.74 Å². The molecule has 0 radical (unpaired) electrons. The molecule has 0 aliphatic heterocycles. The Bertz CT molecular complexity index is 548. The highest BCUT2D eigenvalue weighted by molar-refractivity contribution is 9.10. The number of nitrogens with zero attached hydrogens (tertiary/aromatic N) is 1. The van der Waals surface area contributed by atoms with Gasteiger partial charge in [0.05, 0.1) is 6.61 Å². The van der Waals surface area contributed by atoms with E-state index in [4.69, 9.17) is 22.1 Å². The van der Waals surface area contributed by atoms with E-state index in [1.807, 2.05) is 24.3 Å². The zero-order valence-electron chi connectivity index (χ0n) is 9.57. The summed E-state index contributed by atoms with van der Waals surface area (Å²) in [4.78, 5) is 4.10. The number of ether oxygens (including phenoxy) is 1. The summed E-state index contributed by atoms with van der Waals surface area (Å²) in [6.07, 6.45) is 2.37. The summed E-state index contributed by atoms with van der Waals surface area (Å²) < 4.78 is 6.36. The quantitative estimate of drug-likeness (QED) is 0.871. The Morgan fingerprint density at radius 3 is 2.83 bits per heavy atom. The molecule has 2 aromatic rings. The number of hydrogen-bond acceptors (Lipinski definition) is 3. The van der Waals surface area contributed by atoms with Gasteiger partial charge in [-0.3, -0.25) is 0 Å². The first-order valence-corrected chi connectivity index (χ1v) is 6.61. The fourth-order valence-corrected chi connectivity index (χ4v) is 2.21. The maximum Gasteiger partial charge on any atom is 0.232 e. The third kappa shape index (κ3) is 3.37. The lowest BCUT2D eigenvalue weighted by atomic mass is 10.1. The van der Waals surface area contributed by atoms with Crippen molar-refractivity contribution in [3.05, 3.63) is 51.6 Å². The molecule has 1 aromatic heterocycles. The fraction of sp³-hybridized carbons (Fsp3) is 0.154. The molecule has 0 aliphatic carbocycles. The number of para-hydroxylation sites is 1. The van der Waals surface area contributed by atoms with Gasteiger partial charge in [-0.05, 0) is 33.6 Å². The Balaban J connectivity index is 1.95. The van der Waals surface area contributed by atoms with E-state index < -0.39 is 0 Å². The Morgan fingerprint density at radius 2 is 2.11 bits per heavy atom. The van der Waals surface area contributed by atoms with Crippen LogP contribution in [0.1, 0.15) is 5.56 Å².